The highest BCUT2D eigenvalue weighted by Gasteiger charge is 2.31. The number of nitrogens with zero attached hydrogens (tertiary/aromatic N) is 2. The molecule has 9 heteroatoms. The molecule has 0 saturated carbocycles. The number of rotatable bonds is 4. The molecular weight excluding hydrogens is 402 g/mol. The minimum atomic E-state index is -4.54. The lowest BCUT2D eigenvalue weighted by Gasteiger charge is -2.08. The number of nitrogens with one attached hydrogen (secondary N) is 1. The van der Waals surface area contributed by atoms with Gasteiger partial charge in [-0.3, -0.25) is 9.48 Å². The maximum atomic E-state index is 12.8. The summed E-state index contributed by atoms with van der Waals surface area (Å²) in [4.78, 5) is 12.3. The van der Waals surface area contributed by atoms with Crippen molar-refractivity contribution < 1.29 is 18.0 Å². The van der Waals surface area contributed by atoms with Crippen LogP contribution in [0.1, 0.15) is 21.5 Å². The molecule has 3 rings (SSSR count). The lowest BCUT2D eigenvalue weighted by Crippen LogP contribution is -2.15. The van der Waals surface area contributed by atoms with Gasteiger partial charge >= 0.3 is 6.18 Å². The minimum absolute atomic E-state index is 0.0473. The summed E-state index contributed by atoms with van der Waals surface area (Å²) >= 11 is 12.2. The fraction of sp³-hybridized carbons (Fsp3) is 0.111. The molecule has 27 heavy (non-hydrogen) atoms. The summed E-state index contributed by atoms with van der Waals surface area (Å²) in [5.41, 5.74) is -0.263. The first kappa shape index (κ1) is 19.3. The van der Waals surface area contributed by atoms with Gasteiger partial charge in [-0.2, -0.15) is 18.3 Å². The third kappa shape index (κ3) is 4.61. The first-order valence-corrected chi connectivity index (χ1v) is 8.44. The van der Waals surface area contributed by atoms with E-state index in [1.54, 1.807) is 12.1 Å². The maximum Gasteiger partial charge on any atom is 0.416 e. The summed E-state index contributed by atoms with van der Waals surface area (Å²) in [6, 6.07) is 11.3. The Bertz CT molecular complexity index is 986. The van der Waals surface area contributed by atoms with Crippen LogP contribution in [0.3, 0.4) is 0 Å². The van der Waals surface area contributed by atoms with Crippen molar-refractivity contribution in [3.8, 4) is 0 Å². The molecule has 2 aromatic carbocycles. The molecule has 0 unspecified atom stereocenters. The Hall–Kier alpha value is -2.51. The molecule has 0 aliphatic heterocycles. The molecule has 0 aliphatic carbocycles. The van der Waals surface area contributed by atoms with Crippen molar-refractivity contribution in [2.24, 2.45) is 0 Å². The van der Waals surface area contributed by atoms with Gasteiger partial charge in [0.1, 0.15) is 5.02 Å². The van der Waals surface area contributed by atoms with E-state index in [0.29, 0.717) is 11.6 Å². The normalized spacial score (nSPS) is 11.4. The van der Waals surface area contributed by atoms with Crippen LogP contribution in [0.4, 0.5) is 19.0 Å². The van der Waals surface area contributed by atoms with Gasteiger partial charge < -0.3 is 5.32 Å². The molecule has 1 aromatic heterocycles. The molecule has 0 spiro atoms. The van der Waals surface area contributed by atoms with E-state index in [4.69, 9.17) is 23.2 Å². The van der Waals surface area contributed by atoms with Crippen molar-refractivity contribution in [2.75, 3.05) is 5.32 Å². The highest BCUT2D eigenvalue weighted by atomic mass is 35.5. The Morgan fingerprint density at radius 3 is 2.52 bits per heavy atom. The van der Waals surface area contributed by atoms with Crippen LogP contribution in [0.5, 0.6) is 0 Å². The second kappa shape index (κ2) is 7.62. The predicted molar refractivity (Wildman–Crippen MR) is 97.2 cm³/mol. The van der Waals surface area contributed by atoms with Crippen LogP contribution < -0.4 is 5.32 Å². The first-order chi connectivity index (χ1) is 12.7. The van der Waals surface area contributed by atoms with Crippen LogP contribution in [-0.4, -0.2) is 15.7 Å². The average molecular weight is 414 g/mol. The zero-order valence-corrected chi connectivity index (χ0v) is 15.1. The number of halogens is 5. The Balaban J connectivity index is 1.77. The van der Waals surface area contributed by atoms with E-state index in [-0.39, 0.29) is 16.4 Å². The van der Waals surface area contributed by atoms with Crippen LogP contribution in [0.25, 0.3) is 0 Å². The minimum Gasteiger partial charge on any atom is -0.304 e. The topological polar surface area (TPSA) is 46.9 Å². The molecule has 0 aliphatic rings. The number of anilines is 1. The molecule has 140 valence electrons. The molecule has 0 saturated heterocycles. The fourth-order valence-corrected chi connectivity index (χ4v) is 2.77. The second-order valence-corrected chi connectivity index (χ2v) is 6.46. The summed E-state index contributed by atoms with van der Waals surface area (Å²) < 4.78 is 39.8. The van der Waals surface area contributed by atoms with Gasteiger partial charge in [-0.05, 0) is 29.8 Å². The number of carbonyl (C=O) groups is 1. The Kier molecular flexibility index (Phi) is 5.43. The number of alkyl halides is 3. The lowest BCUT2D eigenvalue weighted by molar-refractivity contribution is -0.137. The van der Waals surface area contributed by atoms with Gasteiger partial charge in [-0.25, -0.2) is 0 Å². The van der Waals surface area contributed by atoms with Crippen LogP contribution >= 0.6 is 23.2 Å². The Labute approximate surface area is 162 Å². The van der Waals surface area contributed by atoms with Crippen LogP contribution in [-0.2, 0) is 12.7 Å². The predicted octanol–water partition coefficient (Wildman–Crippen LogP) is 5.51. The van der Waals surface area contributed by atoms with Crippen molar-refractivity contribution >= 4 is 34.9 Å². The summed E-state index contributed by atoms with van der Waals surface area (Å²) in [6.07, 6.45) is -3.04. The molecule has 1 N–H and O–H groups in total. The molecule has 1 amide bonds. The number of amides is 1. The van der Waals surface area contributed by atoms with Crippen molar-refractivity contribution in [2.45, 2.75) is 12.7 Å². The summed E-state index contributed by atoms with van der Waals surface area (Å²) in [5, 5.41) is 7.29. The number of benzene rings is 2. The van der Waals surface area contributed by atoms with Crippen molar-refractivity contribution in [3.05, 3.63) is 81.5 Å². The van der Waals surface area contributed by atoms with Crippen LogP contribution in [0, 0.1) is 0 Å². The van der Waals surface area contributed by atoms with Crippen molar-refractivity contribution in [3.63, 3.8) is 0 Å². The lowest BCUT2D eigenvalue weighted by atomic mass is 10.1. The van der Waals surface area contributed by atoms with Crippen molar-refractivity contribution in [1.29, 1.82) is 0 Å². The molecule has 0 atom stereocenters. The Morgan fingerprint density at radius 2 is 1.81 bits per heavy atom. The summed E-state index contributed by atoms with van der Waals surface area (Å²) in [7, 11) is 0. The van der Waals surface area contributed by atoms with E-state index in [2.05, 4.69) is 10.4 Å². The fourth-order valence-electron chi connectivity index (χ4n) is 2.38. The molecule has 0 fully saturated rings. The maximum absolute atomic E-state index is 12.8. The zero-order chi connectivity index (χ0) is 19.6. The molecule has 1 heterocycles. The highest BCUT2D eigenvalue weighted by Crippen LogP contribution is 2.30. The number of aromatic nitrogens is 2. The van der Waals surface area contributed by atoms with E-state index in [9.17, 15) is 18.0 Å². The standard InChI is InChI=1S/C18H12Cl2F3N3O/c19-14-7-2-1-4-12(14)9-26-10-15(20)16(25-26)24-17(27)11-5-3-6-13(8-11)18(21,22)23/h1-8,10H,9H2,(H,24,25,27). The quantitative estimate of drug-likeness (QED) is 0.612. The third-order valence-electron chi connectivity index (χ3n) is 3.69. The van der Waals surface area contributed by atoms with Gasteiger partial charge in [0.05, 0.1) is 12.1 Å². The van der Waals surface area contributed by atoms with Crippen molar-refractivity contribution in [1.82, 2.24) is 9.78 Å². The molecule has 4 nitrogen and oxygen atoms in total. The van der Waals surface area contributed by atoms with E-state index < -0.39 is 17.6 Å². The summed E-state index contributed by atoms with van der Waals surface area (Å²) in [5.74, 6) is -0.697. The van der Waals surface area contributed by atoms with Gasteiger partial charge in [0.15, 0.2) is 5.82 Å². The number of hydrogen-bond acceptors (Lipinski definition) is 2. The van der Waals surface area contributed by atoms with Gasteiger partial charge in [0.2, 0.25) is 0 Å². The second-order valence-electron chi connectivity index (χ2n) is 5.65. The third-order valence-corrected chi connectivity index (χ3v) is 4.34. The van der Waals surface area contributed by atoms with Gasteiger partial charge in [-0.1, -0.05) is 47.5 Å². The van der Waals surface area contributed by atoms with E-state index in [1.165, 1.54) is 16.9 Å². The molecule has 0 bridgehead atoms. The SMILES string of the molecule is O=C(Nc1nn(Cc2ccccc2Cl)cc1Cl)c1cccc(C(F)(F)F)c1. The molecule has 3 aromatic rings. The van der Waals surface area contributed by atoms with Gasteiger partial charge in [0.25, 0.3) is 5.91 Å². The average Bonchev–Trinajstić information content (AvgIpc) is 2.95. The zero-order valence-electron chi connectivity index (χ0n) is 13.6. The monoisotopic (exact) mass is 413 g/mol. The molecular formula is C18H12Cl2F3N3O. The highest BCUT2D eigenvalue weighted by molar-refractivity contribution is 6.33. The smallest absolute Gasteiger partial charge is 0.304 e. The number of carbonyl (C=O) groups excluding carboxylic acids is 1. The first-order valence-electron chi connectivity index (χ1n) is 7.69. The Morgan fingerprint density at radius 1 is 1.07 bits per heavy atom. The largest absolute Gasteiger partial charge is 0.416 e. The molecule has 0 radical (unpaired) electrons. The van der Waals surface area contributed by atoms with E-state index in [1.807, 2.05) is 12.1 Å². The van der Waals surface area contributed by atoms with E-state index >= 15 is 0 Å². The van der Waals surface area contributed by atoms with E-state index in [0.717, 1.165) is 23.8 Å². The number of hydrogen-bond donors (Lipinski definition) is 1. The van der Waals surface area contributed by atoms with Gasteiger partial charge in [0, 0.05) is 16.8 Å². The van der Waals surface area contributed by atoms with Crippen LogP contribution in [0.15, 0.2) is 54.7 Å². The van der Waals surface area contributed by atoms with Gasteiger partial charge in [-0.15, -0.1) is 0 Å². The van der Waals surface area contributed by atoms with Crippen LogP contribution in [0.2, 0.25) is 10.0 Å². The summed E-state index contributed by atoms with van der Waals surface area (Å²) in [6.45, 7) is 0.318.